The SMILES string of the molecule is C=C(C)n1c(=O)n(CCCCOc2ccc(Cl)cc2)c2cc(C)c(C)cc21. The van der Waals surface area contributed by atoms with Gasteiger partial charge in [0, 0.05) is 17.3 Å². The second-order valence-corrected chi connectivity index (χ2v) is 7.38. The Hall–Kier alpha value is -2.46. The number of hydrogen-bond acceptors (Lipinski definition) is 2. The van der Waals surface area contributed by atoms with Crippen molar-refractivity contribution >= 4 is 28.3 Å². The third-order valence-corrected chi connectivity index (χ3v) is 5.04. The summed E-state index contributed by atoms with van der Waals surface area (Å²) in [4.78, 5) is 12.9. The quantitative estimate of drug-likeness (QED) is 0.509. The van der Waals surface area contributed by atoms with Crippen molar-refractivity contribution in [2.45, 2.75) is 40.2 Å². The molecule has 3 aromatic rings. The van der Waals surface area contributed by atoms with Crippen LogP contribution in [0, 0.1) is 13.8 Å². The summed E-state index contributed by atoms with van der Waals surface area (Å²) in [7, 11) is 0. The molecule has 0 aliphatic heterocycles. The van der Waals surface area contributed by atoms with Crippen LogP contribution in [0.25, 0.3) is 16.7 Å². The number of benzene rings is 2. The summed E-state index contributed by atoms with van der Waals surface area (Å²) < 4.78 is 9.28. The van der Waals surface area contributed by atoms with Crippen molar-refractivity contribution in [1.29, 1.82) is 0 Å². The number of imidazole rings is 1. The standard InChI is InChI=1S/C22H25ClN2O2/c1-15(2)25-21-14-17(4)16(3)13-20(21)24(22(25)26)11-5-6-12-27-19-9-7-18(23)8-10-19/h7-10,13-14H,1,5-6,11-12H2,2-4H3. The molecule has 0 fully saturated rings. The molecule has 5 heteroatoms. The van der Waals surface area contributed by atoms with E-state index in [1.807, 2.05) is 35.8 Å². The minimum Gasteiger partial charge on any atom is -0.494 e. The molecule has 0 saturated carbocycles. The summed E-state index contributed by atoms with van der Waals surface area (Å²) in [5.74, 6) is 0.807. The molecule has 27 heavy (non-hydrogen) atoms. The topological polar surface area (TPSA) is 36.2 Å². The summed E-state index contributed by atoms with van der Waals surface area (Å²) >= 11 is 5.87. The Balaban J connectivity index is 1.72. The minimum atomic E-state index is -0.0267. The van der Waals surface area contributed by atoms with Gasteiger partial charge in [-0.05, 0) is 81.1 Å². The van der Waals surface area contributed by atoms with Crippen LogP contribution in [0.15, 0.2) is 47.8 Å². The Morgan fingerprint density at radius 3 is 2.33 bits per heavy atom. The molecule has 3 rings (SSSR count). The number of fused-ring (bicyclic) bond motifs is 1. The van der Waals surface area contributed by atoms with Crippen LogP contribution in [-0.4, -0.2) is 15.7 Å². The predicted octanol–water partition coefficient (Wildman–Crippen LogP) is 5.42. The van der Waals surface area contributed by atoms with Gasteiger partial charge in [-0.15, -0.1) is 0 Å². The average Bonchev–Trinajstić information content (AvgIpc) is 2.88. The third-order valence-electron chi connectivity index (χ3n) is 4.78. The highest BCUT2D eigenvalue weighted by Crippen LogP contribution is 2.21. The summed E-state index contributed by atoms with van der Waals surface area (Å²) in [6.45, 7) is 11.2. The van der Waals surface area contributed by atoms with Crippen molar-refractivity contribution in [3.63, 3.8) is 0 Å². The molecule has 2 aromatic carbocycles. The van der Waals surface area contributed by atoms with Crippen molar-refractivity contribution in [2.75, 3.05) is 6.61 Å². The highest BCUT2D eigenvalue weighted by Gasteiger charge is 2.14. The number of unbranched alkanes of at least 4 members (excludes halogenated alkanes) is 1. The van der Waals surface area contributed by atoms with E-state index in [9.17, 15) is 4.79 Å². The highest BCUT2D eigenvalue weighted by atomic mass is 35.5. The molecule has 0 aliphatic rings. The van der Waals surface area contributed by atoms with E-state index >= 15 is 0 Å². The molecule has 0 bridgehead atoms. The Morgan fingerprint density at radius 2 is 1.70 bits per heavy atom. The van der Waals surface area contributed by atoms with E-state index < -0.39 is 0 Å². The maximum atomic E-state index is 12.9. The second-order valence-electron chi connectivity index (χ2n) is 6.94. The first kappa shape index (κ1) is 19.3. The van der Waals surface area contributed by atoms with Gasteiger partial charge in [0.1, 0.15) is 5.75 Å². The number of hydrogen-bond donors (Lipinski definition) is 0. The van der Waals surface area contributed by atoms with E-state index in [-0.39, 0.29) is 5.69 Å². The van der Waals surface area contributed by atoms with Crippen molar-refractivity contribution in [3.05, 3.63) is 69.6 Å². The van der Waals surface area contributed by atoms with Crippen LogP contribution in [0.5, 0.6) is 5.75 Å². The molecule has 1 heterocycles. The molecule has 0 amide bonds. The molecule has 0 saturated heterocycles. The number of aromatic nitrogens is 2. The zero-order valence-electron chi connectivity index (χ0n) is 16.1. The second kappa shape index (κ2) is 8.05. The van der Waals surface area contributed by atoms with E-state index in [0.29, 0.717) is 18.2 Å². The van der Waals surface area contributed by atoms with E-state index in [4.69, 9.17) is 16.3 Å². The molecule has 0 unspecified atom stereocenters. The van der Waals surface area contributed by atoms with Crippen molar-refractivity contribution in [1.82, 2.24) is 9.13 Å². The van der Waals surface area contributed by atoms with Gasteiger partial charge in [0.15, 0.2) is 0 Å². The van der Waals surface area contributed by atoms with Gasteiger partial charge in [-0.2, -0.15) is 0 Å². The molecular weight excluding hydrogens is 360 g/mol. The maximum absolute atomic E-state index is 12.9. The fourth-order valence-corrected chi connectivity index (χ4v) is 3.31. The third kappa shape index (κ3) is 4.11. The van der Waals surface area contributed by atoms with Crippen molar-refractivity contribution < 1.29 is 4.74 Å². The molecule has 0 radical (unpaired) electrons. The van der Waals surface area contributed by atoms with E-state index in [1.165, 1.54) is 11.1 Å². The monoisotopic (exact) mass is 384 g/mol. The lowest BCUT2D eigenvalue weighted by molar-refractivity contribution is 0.303. The van der Waals surface area contributed by atoms with Crippen LogP contribution in [-0.2, 0) is 6.54 Å². The zero-order valence-corrected chi connectivity index (χ0v) is 16.8. The average molecular weight is 385 g/mol. The lowest BCUT2D eigenvalue weighted by Crippen LogP contribution is -2.23. The van der Waals surface area contributed by atoms with Gasteiger partial charge in [-0.1, -0.05) is 18.2 Å². The van der Waals surface area contributed by atoms with Crippen LogP contribution in [0.4, 0.5) is 0 Å². The number of aryl methyl sites for hydroxylation is 3. The van der Waals surface area contributed by atoms with Gasteiger partial charge in [0.25, 0.3) is 0 Å². The number of allylic oxidation sites excluding steroid dienone is 1. The van der Waals surface area contributed by atoms with Gasteiger partial charge in [-0.3, -0.25) is 9.13 Å². The molecule has 4 nitrogen and oxygen atoms in total. The van der Waals surface area contributed by atoms with E-state index in [0.717, 1.165) is 35.3 Å². The molecule has 0 N–H and O–H groups in total. The van der Waals surface area contributed by atoms with Crippen LogP contribution in [0.2, 0.25) is 5.02 Å². The lowest BCUT2D eigenvalue weighted by atomic mass is 10.1. The first-order valence-corrected chi connectivity index (χ1v) is 9.53. The minimum absolute atomic E-state index is 0.0267. The van der Waals surface area contributed by atoms with Crippen LogP contribution in [0.1, 0.15) is 30.9 Å². The number of rotatable bonds is 7. The molecule has 0 spiro atoms. The fourth-order valence-electron chi connectivity index (χ4n) is 3.19. The summed E-state index contributed by atoms with van der Waals surface area (Å²) in [6.07, 6.45) is 1.72. The Labute approximate surface area is 164 Å². The van der Waals surface area contributed by atoms with E-state index in [1.54, 1.807) is 4.57 Å². The largest absolute Gasteiger partial charge is 0.494 e. The lowest BCUT2D eigenvalue weighted by Gasteiger charge is -2.07. The highest BCUT2D eigenvalue weighted by molar-refractivity contribution is 6.30. The summed E-state index contributed by atoms with van der Waals surface area (Å²) in [5.41, 5.74) is 4.95. The van der Waals surface area contributed by atoms with Gasteiger partial charge in [0.2, 0.25) is 0 Å². The first-order chi connectivity index (χ1) is 12.9. The van der Waals surface area contributed by atoms with E-state index in [2.05, 4.69) is 32.6 Å². The molecule has 0 atom stereocenters. The number of ether oxygens (including phenoxy) is 1. The number of halogens is 1. The van der Waals surface area contributed by atoms with Gasteiger partial charge in [0.05, 0.1) is 17.6 Å². The van der Waals surface area contributed by atoms with Crippen LogP contribution < -0.4 is 10.4 Å². The fraction of sp³-hybridized carbons (Fsp3) is 0.318. The Morgan fingerprint density at radius 1 is 1.07 bits per heavy atom. The van der Waals surface area contributed by atoms with Gasteiger partial charge < -0.3 is 4.74 Å². The van der Waals surface area contributed by atoms with Crippen LogP contribution >= 0.6 is 11.6 Å². The summed E-state index contributed by atoms with van der Waals surface area (Å²) in [5, 5.41) is 0.696. The molecular formula is C22H25ClN2O2. The zero-order chi connectivity index (χ0) is 19.6. The molecule has 0 aliphatic carbocycles. The molecule has 142 valence electrons. The van der Waals surface area contributed by atoms with Crippen molar-refractivity contribution in [2.24, 2.45) is 0 Å². The first-order valence-electron chi connectivity index (χ1n) is 9.15. The van der Waals surface area contributed by atoms with Gasteiger partial charge >= 0.3 is 5.69 Å². The van der Waals surface area contributed by atoms with Gasteiger partial charge in [-0.25, -0.2) is 4.79 Å². The predicted molar refractivity (Wildman–Crippen MR) is 113 cm³/mol. The summed E-state index contributed by atoms with van der Waals surface area (Å²) in [6, 6.07) is 11.5. The molecule has 1 aromatic heterocycles. The number of nitrogens with zero attached hydrogens (tertiary/aromatic N) is 2. The smallest absolute Gasteiger partial charge is 0.333 e. The van der Waals surface area contributed by atoms with Crippen LogP contribution in [0.3, 0.4) is 0 Å². The maximum Gasteiger partial charge on any atom is 0.333 e. The van der Waals surface area contributed by atoms with Crippen molar-refractivity contribution in [3.8, 4) is 5.75 Å². The Kier molecular flexibility index (Phi) is 5.76. The normalized spacial score (nSPS) is 11.1. The Bertz CT molecular complexity index is 1030.